The highest BCUT2D eigenvalue weighted by Crippen LogP contribution is 2.50. The second kappa shape index (κ2) is 5.31. The second-order valence-electron chi connectivity index (χ2n) is 7.88. The fourth-order valence-corrected chi connectivity index (χ4v) is 4.75. The Labute approximate surface area is 129 Å². The standard InChI is InChI=1S/C19H30N2/c1-15-12-16-8-4-5-9-17(16)21(13-15)19(14-20)11-7-6-10-18(19,2)3/h4-5,8-9,15H,6-7,10-14,20H2,1-3H3. The number of rotatable bonds is 2. The van der Waals surface area contributed by atoms with Crippen molar-refractivity contribution >= 4 is 5.69 Å². The molecule has 0 aromatic heterocycles. The molecule has 2 atom stereocenters. The van der Waals surface area contributed by atoms with Crippen LogP contribution in [0.4, 0.5) is 5.69 Å². The zero-order chi connectivity index (χ0) is 15.1. The van der Waals surface area contributed by atoms with Crippen molar-refractivity contribution in [2.45, 2.75) is 58.4 Å². The molecule has 2 aliphatic rings. The van der Waals surface area contributed by atoms with Gasteiger partial charge in [0.25, 0.3) is 0 Å². The molecule has 0 saturated heterocycles. The highest BCUT2D eigenvalue weighted by molar-refractivity contribution is 5.58. The van der Waals surface area contributed by atoms with E-state index in [0.29, 0.717) is 5.92 Å². The average Bonchev–Trinajstić information content (AvgIpc) is 2.46. The summed E-state index contributed by atoms with van der Waals surface area (Å²) in [6.07, 6.45) is 6.38. The van der Waals surface area contributed by atoms with E-state index in [1.165, 1.54) is 43.4 Å². The van der Waals surface area contributed by atoms with Crippen LogP contribution in [0.2, 0.25) is 0 Å². The maximum absolute atomic E-state index is 6.41. The average molecular weight is 286 g/mol. The maximum atomic E-state index is 6.41. The highest BCUT2D eigenvalue weighted by Gasteiger charge is 2.50. The Bertz CT molecular complexity index is 508. The first kappa shape index (κ1) is 14.9. The Hall–Kier alpha value is -1.02. The van der Waals surface area contributed by atoms with Gasteiger partial charge in [-0.05, 0) is 42.2 Å². The summed E-state index contributed by atoms with van der Waals surface area (Å²) in [5.41, 5.74) is 9.75. The molecule has 21 heavy (non-hydrogen) atoms. The summed E-state index contributed by atoms with van der Waals surface area (Å²) in [4.78, 5) is 2.69. The van der Waals surface area contributed by atoms with Gasteiger partial charge in [-0.25, -0.2) is 0 Å². The molecule has 0 spiro atoms. The Kier molecular flexibility index (Phi) is 3.77. The van der Waals surface area contributed by atoms with E-state index in [1.807, 2.05) is 0 Å². The van der Waals surface area contributed by atoms with Crippen LogP contribution in [0.5, 0.6) is 0 Å². The number of fused-ring (bicyclic) bond motifs is 1. The first-order valence-electron chi connectivity index (χ1n) is 8.56. The lowest BCUT2D eigenvalue weighted by molar-refractivity contribution is 0.0915. The molecule has 1 aliphatic heterocycles. The molecule has 1 fully saturated rings. The van der Waals surface area contributed by atoms with E-state index in [2.05, 4.69) is 49.9 Å². The second-order valence-corrected chi connectivity index (χ2v) is 7.88. The first-order valence-corrected chi connectivity index (χ1v) is 8.56. The van der Waals surface area contributed by atoms with Crippen LogP contribution >= 0.6 is 0 Å². The number of benzene rings is 1. The van der Waals surface area contributed by atoms with Crippen LogP contribution in [0.25, 0.3) is 0 Å². The number of hydrogen-bond acceptors (Lipinski definition) is 2. The lowest BCUT2D eigenvalue weighted by Crippen LogP contribution is -2.65. The third-order valence-corrected chi connectivity index (χ3v) is 6.10. The van der Waals surface area contributed by atoms with Gasteiger partial charge in [-0.1, -0.05) is 51.8 Å². The van der Waals surface area contributed by atoms with E-state index in [-0.39, 0.29) is 11.0 Å². The van der Waals surface area contributed by atoms with Crippen molar-refractivity contribution in [3.63, 3.8) is 0 Å². The molecule has 1 aliphatic carbocycles. The molecule has 1 heterocycles. The van der Waals surface area contributed by atoms with Crippen LogP contribution < -0.4 is 10.6 Å². The molecular weight excluding hydrogens is 256 g/mol. The van der Waals surface area contributed by atoms with Crippen molar-refractivity contribution in [2.75, 3.05) is 18.0 Å². The molecule has 1 aromatic rings. The van der Waals surface area contributed by atoms with Gasteiger partial charge in [-0.3, -0.25) is 0 Å². The van der Waals surface area contributed by atoms with Gasteiger partial charge in [0, 0.05) is 18.8 Å². The Morgan fingerprint density at radius 1 is 1.19 bits per heavy atom. The van der Waals surface area contributed by atoms with E-state index in [4.69, 9.17) is 5.73 Å². The van der Waals surface area contributed by atoms with Gasteiger partial charge in [-0.2, -0.15) is 0 Å². The summed E-state index contributed by atoms with van der Waals surface area (Å²) in [6.45, 7) is 9.16. The van der Waals surface area contributed by atoms with Crippen LogP contribution in [-0.2, 0) is 6.42 Å². The predicted octanol–water partition coefficient (Wildman–Crippen LogP) is 3.98. The number of hydrogen-bond donors (Lipinski definition) is 1. The van der Waals surface area contributed by atoms with Gasteiger partial charge in [0.05, 0.1) is 5.54 Å². The number of nitrogens with zero attached hydrogens (tertiary/aromatic N) is 1. The highest BCUT2D eigenvalue weighted by atomic mass is 15.2. The lowest BCUT2D eigenvalue weighted by atomic mass is 9.61. The van der Waals surface area contributed by atoms with Crippen LogP contribution in [0.3, 0.4) is 0 Å². The quantitative estimate of drug-likeness (QED) is 0.891. The van der Waals surface area contributed by atoms with Gasteiger partial charge in [0.1, 0.15) is 0 Å². The minimum atomic E-state index is 0.121. The molecular formula is C19H30N2. The predicted molar refractivity (Wildman–Crippen MR) is 90.7 cm³/mol. The van der Waals surface area contributed by atoms with Crippen LogP contribution in [0.15, 0.2) is 24.3 Å². The SMILES string of the molecule is CC1Cc2ccccc2N(C2(CN)CCCCC2(C)C)C1. The summed E-state index contributed by atoms with van der Waals surface area (Å²) in [5.74, 6) is 0.709. The lowest BCUT2D eigenvalue weighted by Gasteiger charge is -2.59. The molecule has 2 nitrogen and oxygen atoms in total. The van der Waals surface area contributed by atoms with Crippen molar-refractivity contribution in [1.29, 1.82) is 0 Å². The minimum absolute atomic E-state index is 0.121. The number of para-hydroxylation sites is 1. The van der Waals surface area contributed by atoms with Crippen molar-refractivity contribution in [2.24, 2.45) is 17.1 Å². The van der Waals surface area contributed by atoms with Crippen LogP contribution in [0.1, 0.15) is 52.0 Å². The van der Waals surface area contributed by atoms with Gasteiger partial charge in [0.15, 0.2) is 0 Å². The summed E-state index contributed by atoms with van der Waals surface area (Å²) in [5, 5.41) is 0. The third kappa shape index (κ3) is 2.28. The molecule has 0 amide bonds. The summed E-state index contributed by atoms with van der Waals surface area (Å²) >= 11 is 0. The van der Waals surface area contributed by atoms with E-state index < -0.39 is 0 Å². The normalized spacial score (nSPS) is 31.8. The van der Waals surface area contributed by atoms with Gasteiger partial charge >= 0.3 is 0 Å². The number of nitrogens with two attached hydrogens (primary N) is 1. The molecule has 2 N–H and O–H groups in total. The Balaban J connectivity index is 2.09. The smallest absolute Gasteiger partial charge is 0.0575 e. The van der Waals surface area contributed by atoms with E-state index in [9.17, 15) is 0 Å². The van der Waals surface area contributed by atoms with Crippen molar-refractivity contribution in [3.05, 3.63) is 29.8 Å². The number of anilines is 1. The van der Waals surface area contributed by atoms with Gasteiger partial charge in [0.2, 0.25) is 0 Å². The maximum Gasteiger partial charge on any atom is 0.0575 e. The molecule has 1 saturated carbocycles. The molecule has 0 radical (unpaired) electrons. The van der Waals surface area contributed by atoms with Crippen LogP contribution in [-0.4, -0.2) is 18.6 Å². The van der Waals surface area contributed by atoms with Crippen molar-refractivity contribution < 1.29 is 0 Å². The first-order chi connectivity index (χ1) is 10.00. The van der Waals surface area contributed by atoms with Crippen molar-refractivity contribution in [3.8, 4) is 0 Å². The summed E-state index contributed by atoms with van der Waals surface area (Å²) < 4.78 is 0. The fraction of sp³-hybridized carbons (Fsp3) is 0.684. The van der Waals surface area contributed by atoms with E-state index in [0.717, 1.165) is 13.1 Å². The van der Waals surface area contributed by atoms with E-state index in [1.54, 1.807) is 0 Å². The molecule has 2 unspecified atom stereocenters. The van der Waals surface area contributed by atoms with Gasteiger partial charge < -0.3 is 10.6 Å². The van der Waals surface area contributed by atoms with E-state index >= 15 is 0 Å². The van der Waals surface area contributed by atoms with Crippen LogP contribution in [0, 0.1) is 11.3 Å². The monoisotopic (exact) mass is 286 g/mol. The summed E-state index contributed by atoms with van der Waals surface area (Å²) in [6, 6.07) is 8.97. The summed E-state index contributed by atoms with van der Waals surface area (Å²) in [7, 11) is 0. The zero-order valence-electron chi connectivity index (χ0n) is 13.9. The fourth-order valence-electron chi connectivity index (χ4n) is 4.75. The zero-order valence-corrected chi connectivity index (χ0v) is 13.9. The van der Waals surface area contributed by atoms with Gasteiger partial charge in [-0.15, -0.1) is 0 Å². The topological polar surface area (TPSA) is 29.3 Å². The molecule has 0 bridgehead atoms. The van der Waals surface area contributed by atoms with Crippen molar-refractivity contribution in [1.82, 2.24) is 0 Å². The Morgan fingerprint density at radius 2 is 1.90 bits per heavy atom. The molecule has 1 aromatic carbocycles. The molecule has 116 valence electrons. The molecule has 3 rings (SSSR count). The Morgan fingerprint density at radius 3 is 2.62 bits per heavy atom. The third-order valence-electron chi connectivity index (χ3n) is 6.10. The molecule has 2 heteroatoms. The largest absolute Gasteiger partial charge is 0.364 e. The minimum Gasteiger partial charge on any atom is -0.364 e.